The summed E-state index contributed by atoms with van der Waals surface area (Å²) in [5.41, 5.74) is 6.63. The van der Waals surface area contributed by atoms with Crippen LogP contribution in [0.1, 0.15) is 16.9 Å². The Morgan fingerprint density at radius 3 is 2.93 bits per heavy atom. The zero-order valence-corrected chi connectivity index (χ0v) is 8.16. The van der Waals surface area contributed by atoms with Crippen molar-refractivity contribution < 1.29 is 9.90 Å². The Balaban J connectivity index is 2.56. The minimum atomic E-state index is -0.169. The van der Waals surface area contributed by atoms with Crippen molar-refractivity contribution >= 4 is 11.6 Å². The standard InChI is InChI=1S/C9H15N3O2/c1-12-6-7(10)5-8(12)9(14)11-3-2-4-13/h5-6,13H,2-4,10H2,1H3,(H,11,14). The third kappa shape index (κ3) is 2.50. The van der Waals surface area contributed by atoms with E-state index in [1.165, 1.54) is 0 Å². The van der Waals surface area contributed by atoms with Crippen LogP contribution in [0.3, 0.4) is 0 Å². The second-order valence-corrected chi connectivity index (χ2v) is 3.10. The summed E-state index contributed by atoms with van der Waals surface area (Å²) in [5, 5.41) is 11.2. The second kappa shape index (κ2) is 4.66. The average Bonchev–Trinajstić information content (AvgIpc) is 2.45. The number of hydrogen-bond acceptors (Lipinski definition) is 3. The van der Waals surface area contributed by atoms with Crippen LogP contribution in [-0.4, -0.2) is 28.7 Å². The van der Waals surface area contributed by atoms with Crippen molar-refractivity contribution in [1.82, 2.24) is 9.88 Å². The fourth-order valence-corrected chi connectivity index (χ4v) is 1.19. The van der Waals surface area contributed by atoms with Gasteiger partial charge in [0.15, 0.2) is 0 Å². The monoisotopic (exact) mass is 197 g/mol. The predicted octanol–water partition coefficient (Wildman–Crippen LogP) is -0.281. The van der Waals surface area contributed by atoms with E-state index >= 15 is 0 Å². The van der Waals surface area contributed by atoms with E-state index < -0.39 is 0 Å². The summed E-state index contributed by atoms with van der Waals surface area (Å²) in [6.45, 7) is 0.552. The van der Waals surface area contributed by atoms with Crippen LogP contribution in [0.2, 0.25) is 0 Å². The van der Waals surface area contributed by atoms with E-state index in [1.807, 2.05) is 0 Å². The van der Waals surface area contributed by atoms with Crippen LogP contribution in [0.15, 0.2) is 12.3 Å². The van der Waals surface area contributed by atoms with Gasteiger partial charge in [-0.25, -0.2) is 0 Å². The second-order valence-electron chi connectivity index (χ2n) is 3.10. The molecule has 0 bridgehead atoms. The third-order valence-corrected chi connectivity index (χ3v) is 1.88. The first-order chi connectivity index (χ1) is 6.65. The largest absolute Gasteiger partial charge is 0.397 e. The Labute approximate surface area is 82.5 Å². The molecule has 0 spiro atoms. The molecule has 0 aliphatic heterocycles. The highest BCUT2D eigenvalue weighted by Crippen LogP contribution is 2.07. The van der Waals surface area contributed by atoms with E-state index in [9.17, 15) is 4.79 Å². The summed E-state index contributed by atoms with van der Waals surface area (Å²) in [6.07, 6.45) is 2.24. The molecule has 1 aromatic rings. The van der Waals surface area contributed by atoms with Gasteiger partial charge in [0.05, 0.1) is 5.69 Å². The van der Waals surface area contributed by atoms with Gasteiger partial charge in [-0.1, -0.05) is 0 Å². The first kappa shape index (κ1) is 10.6. The fraction of sp³-hybridized carbons (Fsp3) is 0.444. The van der Waals surface area contributed by atoms with E-state index in [1.54, 1.807) is 23.9 Å². The van der Waals surface area contributed by atoms with Crippen LogP contribution in [0.5, 0.6) is 0 Å². The molecule has 0 saturated heterocycles. The summed E-state index contributed by atoms with van der Waals surface area (Å²) >= 11 is 0. The number of nitrogens with two attached hydrogens (primary N) is 1. The highest BCUT2D eigenvalue weighted by Gasteiger charge is 2.09. The Morgan fingerprint density at radius 1 is 1.71 bits per heavy atom. The lowest BCUT2D eigenvalue weighted by molar-refractivity contribution is 0.0943. The molecular formula is C9H15N3O2. The molecule has 14 heavy (non-hydrogen) atoms. The maximum atomic E-state index is 11.5. The molecule has 0 atom stereocenters. The number of nitrogen functional groups attached to an aromatic ring is 1. The van der Waals surface area contributed by atoms with Crippen LogP contribution in [0.4, 0.5) is 5.69 Å². The quantitative estimate of drug-likeness (QED) is 0.581. The van der Waals surface area contributed by atoms with Gasteiger partial charge in [-0.15, -0.1) is 0 Å². The normalized spacial score (nSPS) is 10.1. The van der Waals surface area contributed by atoms with Gasteiger partial charge in [-0.05, 0) is 12.5 Å². The predicted molar refractivity (Wildman–Crippen MR) is 53.9 cm³/mol. The van der Waals surface area contributed by atoms with Crippen LogP contribution >= 0.6 is 0 Å². The maximum Gasteiger partial charge on any atom is 0.267 e. The number of nitrogens with zero attached hydrogens (tertiary/aromatic N) is 1. The van der Waals surface area contributed by atoms with Gasteiger partial charge in [-0.2, -0.15) is 0 Å². The number of aliphatic hydroxyl groups excluding tert-OH is 1. The Morgan fingerprint density at radius 2 is 2.43 bits per heavy atom. The molecule has 1 rings (SSSR count). The first-order valence-electron chi connectivity index (χ1n) is 4.46. The Bertz CT molecular complexity index is 320. The zero-order valence-electron chi connectivity index (χ0n) is 8.16. The van der Waals surface area contributed by atoms with Gasteiger partial charge in [0.1, 0.15) is 5.69 Å². The van der Waals surface area contributed by atoms with Crippen molar-refractivity contribution in [3.8, 4) is 0 Å². The van der Waals surface area contributed by atoms with E-state index in [-0.39, 0.29) is 12.5 Å². The Kier molecular flexibility index (Phi) is 3.53. The number of hydrogen-bond donors (Lipinski definition) is 3. The van der Waals surface area contributed by atoms with Gasteiger partial charge in [0.2, 0.25) is 0 Å². The summed E-state index contributed by atoms with van der Waals surface area (Å²) < 4.78 is 1.67. The van der Waals surface area contributed by atoms with E-state index in [2.05, 4.69) is 5.32 Å². The van der Waals surface area contributed by atoms with E-state index in [0.29, 0.717) is 24.3 Å². The van der Waals surface area contributed by atoms with Crippen molar-refractivity contribution in [1.29, 1.82) is 0 Å². The fourth-order valence-electron chi connectivity index (χ4n) is 1.19. The lowest BCUT2D eigenvalue weighted by Gasteiger charge is -2.04. The highest BCUT2D eigenvalue weighted by molar-refractivity contribution is 5.93. The average molecular weight is 197 g/mol. The highest BCUT2D eigenvalue weighted by atomic mass is 16.3. The molecule has 5 nitrogen and oxygen atoms in total. The first-order valence-corrected chi connectivity index (χ1v) is 4.46. The smallest absolute Gasteiger partial charge is 0.267 e. The molecule has 1 heterocycles. The number of aromatic nitrogens is 1. The van der Waals surface area contributed by atoms with Crippen LogP contribution in [0.25, 0.3) is 0 Å². The molecule has 0 aromatic carbocycles. The molecule has 0 radical (unpaired) electrons. The SMILES string of the molecule is Cn1cc(N)cc1C(=O)NCCCO. The molecule has 4 N–H and O–H groups in total. The molecule has 0 unspecified atom stereocenters. The number of aryl methyl sites for hydroxylation is 1. The number of rotatable bonds is 4. The number of anilines is 1. The zero-order chi connectivity index (χ0) is 10.6. The number of amides is 1. The molecule has 1 aromatic heterocycles. The van der Waals surface area contributed by atoms with Crippen molar-refractivity contribution in [2.75, 3.05) is 18.9 Å². The van der Waals surface area contributed by atoms with E-state index in [0.717, 1.165) is 0 Å². The minimum Gasteiger partial charge on any atom is -0.397 e. The van der Waals surface area contributed by atoms with Gasteiger partial charge < -0.3 is 20.7 Å². The van der Waals surface area contributed by atoms with Gasteiger partial charge in [0.25, 0.3) is 5.91 Å². The number of carbonyl (C=O) groups is 1. The molecule has 0 aliphatic carbocycles. The summed E-state index contributed by atoms with van der Waals surface area (Å²) in [4.78, 5) is 11.5. The van der Waals surface area contributed by atoms with Gasteiger partial charge in [0, 0.05) is 26.4 Å². The van der Waals surface area contributed by atoms with Gasteiger partial charge >= 0.3 is 0 Å². The molecule has 1 amide bonds. The topological polar surface area (TPSA) is 80.3 Å². The maximum absolute atomic E-state index is 11.5. The number of nitrogens with one attached hydrogen (secondary N) is 1. The molecule has 0 saturated carbocycles. The molecule has 0 fully saturated rings. The van der Waals surface area contributed by atoms with Crippen molar-refractivity contribution in [2.24, 2.45) is 7.05 Å². The Hall–Kier alpha value is -1.49. The number of carbonyl (C=O) groups excluding carboxylic acids is 1. The summed E-state index contributed by atoms with van der Waals surface area (Å²) in [7, 11) is 1.76. The van der Waals surface area contributed by atoms with Crippen LogP contribution in [-0.2, 0) is 7.05 Å². The summed E-state index contributed by atoms with van der Waals surface area (Å²) in [6, 6.07) is 1.62. The molecular weight excluding hydrogens is 182 g/mol. The lowest BCUT2D eigenvalue weighted by Crippen LogP contribution is -2.26. The summed E-state index contributed by atoms with van der Waals surface area (Å²) in [5.74, 6) is -0.169. The van der Waals surface area contributed by atoms with E-state index in [4.69, 9.17) is 10.8 Å². The van der Waals surface area contributed by atoms with Crippen molar-refractivity contribution in [3.63, 3.8) is 0 Å². The van der Waals surface area contributed by atoms with Crippen molar-refractivity contribution in [3.05, 3.63) is 18.0 Å². The molecule has 78 valence electrons. The molecule has 5 heteroatoms. The third-order valence-electron chi connectivity index (χ3n) is 1.88. The van der Waals surface area contributed by atoms with Crippen molar-refractivity contribution in [2.45, 2.75) is 6.42 Å². The lowest BCUT2D eigenvalue weighted by atomic mass is 10.3. The van der Waals surface area contributed by atoms with Crippen LogP contribution < -0.4 is 11.1 Å². The van der Waals surface area contributed by atoms with Gasteiger partial charge in [-0.3, -0.25) is 4.79 Å². The minimum absolute atomic E-state index is 0.0789. The number of aliphatic hydroxyl groups is 1. The molecule has 0 aliphatic rings. The van der Waals surface area contributed by atoms with Crippen LogP contribution in [0, 0.1) is 0 Å².